The van der Waals surface area contributed by atoms with Gasteiger partial charge in [-0.05, 0) is 82.4 Å². The van der Waals surface area contributed by atoms with Crippen molar-refractivity contribution >= 4 is 17.5 Å². The molecule has 8 nitrogen and oxygen atoms in total. The Hall–Kier alpha value is -2.94. The van der Waals surface area contributed by atoms with E-state index >= 15 is 0 Å². The van der Waals surface area contributed by atoms with E-state index in [1.54, 1.807) is 4.90 Å². The van der Waals surface area contributed by atoms with Gasteiger partial charge in [0.05, 0.1) is 17.4 Å². The van der Waals surface area contributed by atoms with Gasteiger partial charge < -0.3 is 30.0 Å². The lowest BCUT2D eigenvalue weighted by Gasteiger charge is -2.33. The Kier molecular flexibility index (Phi) is 10.2. The number of hydrogen-bond donors (Lipinski definition) is 2. The number of nitrogens with zero attached hydrogens (tertiary/aromatic N) is 4. The number of fused-ring (bicyclic) bond motifs is 2. The topological polar surface area (TPSA) is 79.4 Å². The van der Waals surface area contributed by atoms with Crippen LogP contribution < -0.4 is 10.2 Å². The predicted molar refractivity (Wildman–Crippen MR) is 168 cm³/mol. The van der Waals surface area contributed by atoms with Crippen LogP contribution >= 0.6 is 0 Å². The highest BCUT2D eigenvalue weighted by Crippen LogP contribution is 2.28. The molecule has 42 heavy (non-hydrogen) atoms. The predicted octanol–water partition coefficient (Wildman–Crippen LogP) is 3.77. The molecule has 0 aromatic heterocycles. The lowest BCUT2D eigenvalue weighted by Crippen LogP contribution is -2.50. The fraction of sp³-hybridized carbons (Fsp3) is 0.588. The molecular formula is C34H49N5O3. The van der Waals surface area contributed by atoms with Crippen LogP contribution in [0.1, 0.15) is 77.3 Å². The number of nitrogens with one attached hydrogen (secondary N) is 1. The first kappa shape index (κ1) is 30.5. The molecule has 0 radical (unpaired) electrons. The molecule has 3 aliphatic rings. The summed E-state index contributed by atoms with van der Waals surface area (Å²) in [5.74, 6) is -0.0177. The zero-order chi connectivity index (χ0) is 29.6. The summed E-state index contributed by atoms with van der Waals surface area (Å²) in [5, 5.41) is 14.7. The minimum atomic E-state index is -0.673. The van der Waals surface area contributed by atoms with Gasteiger partial charge in [-0.2, -0.15) is 0 Å². The molecule has 2 N–H and O–H groups in total. The minimum Gasteiger partial charge on any atom is -0.390 e. The number of amides is 2. The van der Waals surface area contributed by atoms with E-state index in [1.165, 1.54) is 24.0 Å². The number of hydrogen-bond acceptors (Lipinski definition) is 6. The first-order valence-electron chi connectivity index (χ1n) is 16.0. The smallest absolute Gasteiger partial charge is 0.256 e. The van der Waals surface area contributed by atoms with Crippen molar-refractivity contribution in [1.82, 2.24) is 20.0 Å². The van der Waals surface area contributed by atoms with E-state index in [-0.39, 0.29) is 24.4 Å². The number of carbonyl (C=O) groups is 2. The van der Waals surface area contributed by atoms with Gasteiger partial charge in [0.25, 0.3) is 11.8 Å². The van der Waals surface area contributed by atoms with E-state index in [0.717, 1.165) is 64.0 Å². The molecule has 5 rings (SSSR count). The second-order valence-electron chi connectivity index (χ2n) is 12.5. The van der Waals surface area contributed by atoms with Gasteiger partial charge in [-0.3, -0.25) is 9.59 Å². The van der Waals surface area contributed by atoms with Gasteiger partial charge in [0.15, 0.2) is 0 Å². The Balaban J connectivity index is 1.27. The Morgan fingerprint density at radius 3 is 2.36 bits per heavy atom. The van der Waals surface area contributed by atoms with Gasteiger partial charge in [0, 0.05) is 63.5 Å². The summed E-state index contributed by atoms with van der Waals surface area (Å²) in [7, 11) is 4.34. The second-order valence-corrected chi connectivity index (χ2v) is 12.5. The summed E-state index contributed by atoms with van der Waals surface area (Å²) >= 11 is 0. The Bertz CT molecular complexity index is 1220. The highest BCUT2D eigenvalue weighted by atomic mass is 16.3. The third-order valence-electron chi connectivity index (χ3n) is 9.56. The zero-order valence-electron chi connectivity index (χ0n) is 25.7. The molecule has 3 heterocycles. The molecule has 228 valence electrons. The maximum absolute atomic E-state index is 13.8. The van der Waals surface area contributed by atoms with E-state index in [9.17, 15) is 14.7 Å². The Morgan fingerprint density at radius 2 is 1.67 bits per heavy atom. The molecule has 1 saturated heterocycles. The molecule has 2 aromatic rings. The van der Waals surface area contributed by atoms with Gasteiger partial charge in [0.2, 0.25) is 0 Å². The molecule has 3 aliphatic heterocycles. The minimum absolute atomic E-state index is 0.0613. The number of rotatable bonds is 6. The van der Waals surface area contributed by atoms with Gasteiger partial charge in [0.1, 0.15) is 0 Å². The van der Waals surface area contributed by atoms with Gasteiger partial charge >= 0.3 is 0 Å². The number of likely N-dealkylation sites (N-methyl/N-ethyl adjacent to an activating group) is 1. The number of benzene rings is 2. The number of β-amino-alcohol motifs (C(OH)–C–C–N with tert-alkyl or cyclic N) is 1. The molecule has 1 fully saturated rings. The van der Waals surface area contributed by atoms with Crippen LogP contribution in [-0.2, 0) is 13.0 Å². The first-order chi connectivity index (χ1) is 20.4. The van der Waals surface area contributed by atoms with Crippen LogP contribution in [0.3, 0.4) is 0 Å². The molecule has 2 aromatic carbocycles. The summed E-state index contributed by atoms with van der Waals surface area (Å²) in [6, 6.07) is 14.4. The van der Waals surface area contributed by atoms with Crippen LogP contribution in [0, 0.1) is 0 Å². The summed E-state index contributed by atoms with van der Waals surface area (Å²) in [6.45, 7) is 6.58. The normalized spacial score (nSPS) is 21.5. The summed E-state index contributed by atoms with van der Waals surface area (Å²) in [6.07, 6.45) is 6.70. The first-order valence-corrected chi connectivity index (χ1v) is 16.0. The molecule has 0 spiro atoms. The maximum Gasteiger partial charge on any atom is 0.256 e. The van der Waals surface area contributed by atoms with Crippen LogP contribution in [0.25, 0.3) is 0 Å². The van der Waals surface area contributed by atoms with E-state index in [4.69, 9.17) is 0 Å². The van der Waals surface area contributed by atoms with Crippen molar-refractivity contribution in [2.24, 2.45) is 0 Å². The summed E-state index contributed by atoms with van der Waals surface area (Å²) < 4.78 is 0. The molecule has 2 amide bonds. The van der Waals surface area contributed by atoms with Crippen LogP contribution in [0.4, 0.5) is 5.69 Å². The van der Waals surface area contributed by atoms with E-state index < -0.39 is 6.10 Å². The fourth-order valence-corrected chi connectivity index (χ4v) is 6.87. The molecule has 0 bridgehead atoms. The number of aliphatic hydroxyl groups excluding tert-OH is 1. The molecule has 8 heteroatoms. The lowest BCUT2D eigenvalue weighted by molar-refractivity contribution is 0.0540. The van der Waals surface area contributed by atoms with Gasteiger partial charge in [-0.25, -0.2) is 0 Å². The van der Waals surface area contributed by atoms with E-state index in [1.807, 2.05) is 35.2 Å². The summed E-state index contributed by atoms with van der Waals surface area (Å²) in [5.41, 5.74) is 4.61. The van der Waals surface area contributed by atoms with Crippen molar-refractivity contribution in [2.75, 3.05) is 58.3 Å². The van der Waals surface area contributed by atoms with Crippen LogP contribution in [0.2, 0.25) is 0 Å². The van der Waals surface area contributed by atoms with Crippen LogP contribution in [0.5, 0.6) is 0 Å². The van der Waals surface area contributed by atoms with E-state index in [2.05, 4.69) is 48.3 Å². The van der Waals surface area contributed by atoms with Gasteiger partial charge in [-0.1, -0.05) is 37.1 Å². The van der Waals surface area contributed by atoms with Crippen LogP contribution in [0.15, 0.2) is 42.5 Å². The molecule has 0 unspecified atom stereocenters. The van der Waals surface area contributed by atoms with Crippen molar-refractivity contribution in [1.29, 1.82) is 0 Å². The number of carbonyl (C=O) groups excluding carboxylic acids is 2. The molecule has 2 atom stereocenters. The molecule has 0 saturated carbocycles. The molecule has 0 aliphatic carbocycles. The zero-order valence-corrected chi connectivity index (χ0v) is 25.7. The van der Waals surface area contributed by atoms with Gasteiger partial charge in [-0.15, -0.1) is 0 Å². The second kappa shape index (κ2) is 14.0. The van der Waals surface area contributed by atoms with Crippen molar-refractivity contribution in [3.8, 4) is 0 Å². The Labute approximate surface area is 251 Å². The van der Waals surface area contributed by atoms with E-state index in [0.29, 0.717) is 30.3 Å². The summed E-state index contributed by atoms with van der Waals surface area (Å²) in [4.78, 5) is 35.9. The lowest BCUT2D eigenvalue weighted by atomic mass is 9.92. The third-order valence-corrected chi connectivity index (χ3v) is 9.56. The standard InChI is InChI=1S/C34H49N5O3/c1-4-37-19-20-39(24-32(40)30-21-25-11-5-6-12-27(25)23-35-30)34(42)29-16-15-26(22-31(29)37)33(41)38-17-9-7-13-28(36(2)3)14-8-10-18-38/h5-6,11-12,15-16,22,28,30,32,35,40H,4,7-10,13-14,17-21,23-24H2,1-3H3/t30-,32+/m0/s1. The van der Waals surface area contributed by atoms with Crippen molar-refractivity contribution in [2.45, 2.75) is 76.6 Å². The third kappa shape index (κ3) is 6.99. The highest BCUT2D eigenvalue weighted by Gasteiger charge is 2.32. The monoisotopic (exact) mass is 575 g/mol. The largest absolute Gasteiger partial charge is 0.390 e. The number of aliphatic hydroxyl groups is 1. The SMILES string of the molecule is CCN1CCN(C[C@@H](O)[C@@H]2Cc3ccccc3CN2)C(=O)c2ccc(C(=O)N3CCCCC(N(C)C)CCCC3)cc21. The van der Waals surface area contributed by atoms with Crippen molar-refractivity contribution < 1.29 is 14.7 Å². The van der Waals surface area contributed by atoms with Crippen LogP contribution in [-0.4, -0.2) is 103 Å². The molecular weight excluding hydrogens is 526 g/mol. The van der Waals surface area contributed by atoms with Crippen molar-refractivity contribution in [3.63, 3.8) is 0 Å². The fourth-order valence-electron chi connectivity index (χ4n) is 6.87. The number of anilines is 1. The quantitative estimate of drug-likeness (QED) is 0.546. The average Bonchev–Trinajstić information content (AvgIpc) is 3.14. The highest BCUT2D eigenvalue weighted by molar-refractivity contribution is 6.03. The average molecular weight is 576 g/mol. The van der Waals surface area contributed by atoms with Crippen molar-refractivity contribution in [3.05, 3.63) is 64.7 Å². The Morgan fingerprint density at radius 1 is 0.976 bits per heavy atom. The maximum atomic E-state index is 13.8.